The highest BCUT2D eigenvalue weighted by molar-refractivity contribution is 6.08. The largest absolute Gasteiger partial charge is 0.478 e. The van der Waals surface area contributed by atoms with E-state index in [0.717, 1.165) is 22.1 Å². The first kappa shape index (κ1) is 14.9. The molecule has 3 N–H and O–H groups in total. The van der Waals surface area contributed by atoms with Gasteiger partial charge in [-0.3, -0.25) is 4.98 Å². The normalized spacial score (nSPS) is 10.9. The number of hydrogen-bond donors (Lipinski definition) is 2. The lowest BCUT2D eigenvalue weighted by Gasteiger charge is -2.12. The van der Waals surface area contributed by atoms with Gasteiger partial charge in [-0.05, 0) is 29.8 Å². The van der Waals surface area contributed by atoms with Crippen LogP contribution in [0.2, 0.25) is 0 Å². The summed E-state index contributed by atoms with van der Waals surface area (Å²) in [5, 5.41) is 10.1. The van der Waals surface area contributed by atoms with Gasteiger partial charge in [0, 0.05) is 28.4 Å². The molecule has 0 atom stereocenters. The molecule has 0 aliphatic heterocycles. The minimum atomic E-state index is -1.01. The number of carboxylic acids is 1. The highest BCUT2D eigenvalue weighted by atomic mass is 16.4. The molecule has 0 fully saturated rings. The molecule has 0 saturated carbocycles. The summed E-state index contributed by atoms with van der Waals surface area (Å²) < 4.78 is 5.04. The standard InChI is InChI=1S/C19H13N3O3/c20-16-6-3-11(17-9-25-10-22-17)8-15(16)12-4-5-14(19(23)24)18-13(12)2-1-7-21-18/h1-10H,20H2,(H,23,24). The van der Waals surface area contributed by atoms with Gasteiger partial charge in [0.2, 0.25) is 0 Å². The number of hydrogen-bond acceptors (Lipinski definition) is 5. The predicted molar refractivity (Wildman–Crippen MR) is 94.0 cm³/mol. The second-order valence-corrected chi connectivity index (χ2v) is 5.54. The van der Waals surface area contributed by atoms with Gasteiger partial charge in [-0.15, -0.1) is 0 Å². The summed E-state index contributed by atoms with van der Waals surface area (Å²) in [6.45, 7) is 0. The highest BCUT2D eigenvalue weighted by Gasteiger charge is 2.15. The highest BCUT2D eigenvalue weighted by Crippen LogP contribution is 2.35. The van der Waals surface area contributed by atoms with Gasteiger partial charge in [0.25, 0.3) is 0 Å². The number of nitrogens with two attached hydrogens (primary N) is 1. The van der Waals surface area contributed by atoms with Crippen LogP contribution in [0, 0.1) is 0 Å². The number of carbonyl (C=O) groups is 1. The van der Waals surface area contributed by atoms with E-state index in [2.05, 4.69) is 9.97 Å². The third-order valence-corrected chi connectivity index (χ3v) is 4.07. The Kier molecular flexibility index (Phi) is 3.43. The summed E-state index contributed by atoms with van der Waals surface area (Å²) in [4.78, 5) is 19.9. The molecule has 0 aliphatic rings. The Hall–Kier alpha value is -3.67. The van der Waals surface area contributed by atoms with Crippen molar-refractivity contribution in [2.45, 2.75) is 0 Å². The lowest BCUT2D eigenvalue weighted by Crippen LogP contribution is -2.00. The number of nitrogen functional groups attached to an aromatic ring is 1. The van der Waals surface area contributed by atoms with Gasteiger partial charge in [0.1, 0.15) is 12.0 Å². The van der Waals surface area contributed by atoms with E-state index in [0.29, 0.717) is 16.9 Å². The van der Waals surface area contributed by atoms with Crippen molar-refractivity contribution in [3.63, 3.8) is 0 Å². The van der Waals surface area contributed by atoms with Gasteiger partial charge in [-0.25, -0.2) is 9.78 Å². The molecule has 6 nitrogen and oxygen atoms in total. The van der Waals surface area contributed by atoms with E-state index < -0.39 is 5.97 Å². The van der Waals surface area contributed by atoms with Crippen molar-refractivity contribution in [2.75, 3.05) is 5.73 Å². The van der Waals surface area contributed by atoms with Gasteiger partial charge in [0.05, 0.1) is 11.1 Å². The van der Waals surface area contributed by atoms with Crippen molar-refractivity contribution in [3.05, 3.63) is 66.9 Å². The fraction of sp³-hybridized carbons (Fsp3) is 0. The number of aromatic carboxylic acids is 1. The fourth-order valence-corrected chi connectivity index (χ4v) is 2.88. The molecule has 122 valence electrons. The van der Waals surface area contributed by atoms with E-state index in [1.54, 1.807) is 36.7 Å². The first-order valence-corrected chi connectivity index (χ1v) is 7.54. The van der Waals surface area contributed by atoms with Crippen molar-refractivity contribution in [2.24, 2.45) is 0 Å². The van der Waals surface area contributed by atoms with Gasteiger partial charge in [-0.2, -0.15) is 0 Å². The molecule has 6 heteroatoms. The number of nitrogens with zero attached hydrogens (tertiary/aromatic N) is 2. The topological polar surface area (TPSA) is 102 Å². The van der Waals surface area contributed by atoms with Crippen LogP contribution in [0.3, 0.4) is 0 Å². The summed E-state index contributed by atoms with van der Waals surface area (Å²) >= 11 is 0. The molecule has 0 spiro atoms. The first-order chi connectivity index (χ1) is 12.1. The summed E-state index contributed by atoms with van der Waals surface area (Å²) in [7, 11) is 0. The van der Waals surface area contributed by atoms with Crippen molar-refractivity contribution >= 4 is 22.6 Å². The number of fused-ring (bicyclic) bond motifs is 1. The van der Waals surface area contributed by atoms with E-state index in [1.165, 1.54) is 6.39 Å². The lowest BCUT2D eigenvalue weighted by atomic mass is 9.95. The third kappa shape index (κ3) is 2.49. The second kappa shape index (κ2) is 5.76. The fourth-order valence-electron chi connectivity index (χ4n) is 2.88. The molecule has 0 radical (unpaired) electrons. The molecule has 2 aromatic carbocycles. The maximum Gasteiger partial charge on any atom is 0.337 e. The Morgan fingerprint density at radius 2 is 1.96 bits per heavy atom. The smallest absolute Gasteiger partial charge is 0.337 e. The van der Waals surface area contributed by atoms with Gasteiger partial charge >= 0.3 is 5.97 Å². The molecule has 2 heterocycles. The molecular formula is C19H13N3O3. The Balaban J connectivity index is 1.98. The monoisotopic (exact) mass is 331 g/mol. The number of oxazole rings is 1. The number of benzene rings is 2. The van der Waals surface area contributed by atoms with E-state index in [-0.39, 0.29) is 5.56 Å². The van der Waals surface area contributed by atoms with Crippen molar-refractivity contribution < 1.29 is 14.3 Å². The number of anilines is 1. The summed E-state index contributed by atoms with van der Waals surface area (Å²) in [5.41, 5.74) is 10.5. The quantitative estimate of drug-likeness (QED) is 0.553. The molecule has 0 saturated heterocycles. The van der Waals surface area contributed by atoms with Crippen LogP contribution in [0.4, 0.5) is 5.69 Å². The zero-order valence-corrected chi connectivity index (χ0v) is 13.0. The maximum atomic E-state index is 11.5. The Morgan fingerprint density at radius 3 is 2.72 bits per heavy atom. The van der Waals surface area contributed by atoms with Crippen LogP contribution in [0.15, 0.2) is 65.7 Å². The zero-order chi connectivity index (χ0) is 17.4. The number of carboxylic acid groups (broad SMARTS) is 1. The summed E-state index contributed by atoms with van der Waals surface area (Å²) in [5.74, 6) is -1.01. The minimum absolute atomic E-state index is 0.158. The van der Waals surface area contributed by atoms with Crippen molar-refractivity contribution in [3.8, 4) is 22.4 Å². The van der Waals surface area contributed by atoms with Gasteiger partial charge in [0.15, 0.2) is 6.39 Å². The minimum Gasteiger partial charge on any atom is -0.478 e. The zero-order valence-electron chi connectivity index (χ0n) is 13.0. The van der Waals surface area contributed by atoms with Crippen LogP contribution in [0.1, 0.15) is 10.4 Å². The molecule has 4 rings (SSSR count). The average Bonchev–Trinajstić information content (AvgIpc) is 3.16. The molecule has 4 aromatic rings. The van der Waals surface area contributed by atoms with E-state index >= 15 is 0 Å². The van der Waals surface area contributed by atoms with Gasteiger partial charge < -0.3 is 15.3 Å². The summed E-state index contributed by atoms with van der Waals surface area (Å²) in [6.07, 6.45) is 4.50. The van der Waals surface area contributed by atoms with Crippen LogP contribution in [-0.2, 0) is 0 Å². The molecule has 0 amide bonds. The van der Waals surface area contributed by atoms with Crippen LogP contribution in [0.5, 0.6) is 0 Å². The first-order valence-electron chi connectivity index (χ1n) is 7.54. The lowest BCUT2D eigenvalue weighted by molar-refractivity contribution is 0.0699. The molecule has 0 bridgehead atoms. The molecule has 25 heavy (non-hydrogen) atoms. The Morgan fingerprint density at radius 1 is 1.08 bits per heavy atom. The SMILES string of the molecule is Nc1ccc(-c2cocn2)cc1-c1ccc(C(=O)O)c2ncccc12. The molecule has 0 unspecified atom stereocenters. The van der Waals surface area contributed by atoms with Crippen LogP contribution >= 0.6 is 0 Å². The number of aromatic nitrogens is 2. The van der Waals surface area contributed by atoms with Crippen LogP contribution in [-0.4, -0.2) is 21.0 Å². The molecule has 0 aliphatic carbocycles. The second-order valence-electron chi connectivity index (χ2n) is 5.54. The van der Waals surface area contributed by atoms with E-state index in [4.69, 9.17) is 10.2 Å². The van der Waals surface area contributed by atoms with E-state index in [9.17, 15) is 9.90 Å². The average molecular weight is 331 g/mol. The van der Waals surface area contributed by atoms with Crippen molar-refractivity contribution in [1.29, 1.82) is 0 Å². The summed E-state index contributed by atoms with van der Waals surface area (Å²) in [6, 6.07) is 12.5. The van der Waals surface area contributed by atoms with Crippen molar-refractivity contribution in [1.82, 2.24) is 9.97 Å². The van der Waals surface area contributed by atoms with E-state index in [1.807, 2.05) is 18.2 Å². The third-order valence-electron chi connectivity index (χ3n) is 4.07. The van der Waals surface area contributed by atoms with Gasteiger partial charge in [-0.1, -0.05) is 18.2 Å². The predicted octanol–water partition coefficient (Wildman–Crippen LogP) is 3.84. The molecular weight excluding hydrogens is 318 g/mol. The Labute approximate surface area is 142 Å². The Bertz CT molecular complexity index is 1090. The number of pyridine rings is 1. The van der Waals surface area contributed by atoms with Crippen LogP contribution in [0.25, 0.3) is 33.3 Å². The molecule has 2 aromatic heterocycles. The van der Waals surface area contributed by atoms with Crippen LogP contribution < -0.4 is 5.73 Å². The number of rotatable bonds is 3. The maximum absolute atomic E-state index is 11.5.